The predicted molar refractivity (Wildman–Crippen MR) is 75.9 cm³/mol. The van der Waals surface area contributed by atoms with Gasteiger partial charge in [0.05, 0.1) is 0 Å². The number of hydrogen-bond acceptors (Lipinski definition) is 5. The van der Waals surface area contributed by atoms with Gasteiger partial charge in [0.2, 0.25) is 11.7 Å². The van der Waals surface area contributed by atoms with E-state index in [1.807, 2.05) is 24.3 Å². The average molecular weight is 287 g/mol. The van der Waals surface area contributed by atoms with Crippen molar-refractivity contribution in [3.8, 4) is 11.4 Å². The van der Waals surface area contributed by atoms with Crippen LogP contribution in [-0.4, -0.2) is 27.6 Å². The molecule has 2 amide bonds. The van der Waals surface area contributed by atoms with Crippen molar-refractivity contribution in [2.45, 2.75) is 25.4 Å². The second-order valence-corrected chi connectivity index (χ2v) is 5.05. The number of carbonyl (C=O) groups excluding carboxylic acids is 1. The van der Waals surface area contributed by atoms with Crippen molar-refractivity contribution >= 4 is 6.03 Å². The molecule has 1 aromatic carbocycles. The van der Waals surface area contributed by atoms with Crippen LogP contribution in [0.3, 0.4) is 0 Å². The van der Waals surface area contributed by atoms with Gasteiger partial charge >= 0.3 is 6.03 Å². The number of hydrogen-bond donors (Lipinski definition) is 2. The lowest BCUT2D eigenvalue weighted by atomic mass is 10.1. The minimum atomic E-state index is -0.454. The van der Waals surface area contributed by atoms with E-state index in [0.29, 0.717) is 24.8 Å². The Morgan fingerprint density at radius 1 is 1.38 bits per heavy atom. The Morgan fingerprint density at radius 2 is 2.14 bits per heavy atom. The van der Waals surface area contributed by atoms with E-state index in [2.05, 4.69) is 10.1 Å². The number of aromatic nitrogens is 2. The Bertz CT molecular complexity index is 637. The van der Waals surface area contributed by atoms with Crippen LogP contribution >= 0.6 is 0 Å². The van der Waals surface area contributed by atoms with Crippen molar-refractivity contribution in [1.29, 1.82) is 0 Å². The first-order chi connectivity index (χ1) is 10.2. The van der Waals surface area contributed by atoms with Crippen LogP contribution in [0.15, 0.2) is 28.8 Å². The van der Waals surface area contributed by atoms with Crippen LogP contribution in [0.1, 0.15) is 30.3 Å². The second kappa shape index (κ2) is 5.53. The van der Waals surface area contributed by atoms with E-state index in [1.165, 1.54) is 0 Å². The normalized spacial score (nSPS) is 18.1. The molecule has 0 radical (unpaired) electrons. The summed E-state index contributed by atoms with van der Waals surface area (Å²) in [5.41, 5.74) is 12.8. The summed E-state index contributed by atoms with van der Waals surface area (Å²) in [6.45, 7) is 1.12. The van der Waals surface area contributed by atoms with Crippen LogP contribution in [0.5, 0.6) is 0 Å². The Hall–Kier alpha value is -2.41. The number of likely N-dealkylation sites (tertiary alicyclic amines) is 1. The molecule has 0 bridgehead atoms. The lowest BCUT2D eigenvalue weighted by Crippen LogP contribution is -2.35. The van der Waals surface area contributed by atoms with E-state index in [1.54, 1.807) is 4.90 Å². The fourth-order valence-electron chi connectivity index (χ4n) is 2.56. The summed E-state index contributed by atoms with van der Waals surface area (Å²) in [6, 6.07) is 6.98. The summed E-state index contributed by atoms with van der Waals surface area (Å²) >= 11 is 0. The van der Waals surface area contributed by atoms with E-state index in [9.17, 15) is 4.79 Å². The van der Waals surface area contributed by atoms with E-state index in [-0.39, 0.29) is 6.04 Å². The Morgan fingerprint density at radius 3 is 2.81 bits per heavy atom. The highest BCUT2D eigenvalue weighted by atomic mass is 16.5. The van der Waals surface area contributed by atoms with Crippen molar-refractivity contribution in [2.75, 3.05) is 6.54 Å². The van der Waals surface area contributed by atoms with Gasteiger partial charge in [0.1, 0.15) is 6.04 Å². The first-order valence-electron chi connectivity index (χ1n) is 6.88. The molecule has 0 spiro atoms. The number of carbonyl (C=O) groups is 1. The lowest BCUT2D eigenvalue weighted by molar-refractivity contribution is 0.189. The topological polar surface area (TPSA) is 111 Å². The van der Waals surface area contributed by atoms with E-state index in [4.69, 9.17) is 16.0 Å². The van der Waals surface area contributed by atoms with Crippen LogP contribution in [-0.2, 0) is 6.54 Å². The van der Waals surface area contributed by atoms with Crippen molar-refractivity contribution < 1.29 is 9.32 Å². The maximum atomic E-state index is 11.4. The van der Waals surface area contributed by atoms with E-state index >= 15 is 0 Å². The molecular formula is C14H17N5O2. The number of nitrogens with zero attached hydrogens (tertiary/aromatic N) is 3. The molecule has 21 heavy (non-hydrogen) atoms. The van der Waals surface area contributed by atoms with Crippen LogP contribution in [0, 0.1) is 0 Å². The number of urea groups is 1. The quantitative estimate of drug-likeness (QED) is 0.886. The number of rotatable bonds is 3. The zero-order valence-corrected chi connectivity index (χ0v) is 11.5. The molecule has 2 aromatic rings. The third-order valence-electron chi connectivity index (χ3n) is 3.71. The van der Waals surface area contributed by atoms with Crippen molar-refractivity contribution in [3.63, 3.8) is 0 Å². The van der Waals surface area contributed by atoms with Gasteiger partial charge in [-0.05, 0) is 18.4 Å². The third-order valence-corrected chi connectivity index (χ3v) is 3.71. The predicted octanol–water partition coefficient (Wildman–Crippen LogP) is 1.41. The molecule has 2 heterocycles. The van der Waals surface area contributed by atoms with Gasteiger partial charge in [-0.2, -0.15) is 4.98 Å². The van der Waals surface area contributed by atoms with Gasteiger partial charge in [-0.25, -0.2) is 4.79 Å². The summed E-state index contributed by atoms with van der Waals surface area (Å²) in [5, 5.41) is 3.98. The summed E-state index contributed by atoms with van der Waals surface area (Å²) in [4.78, 5) is 17.3. The molecule has 1 fully saturated rings. The lowest BCUT2D eigenvalue weighted by Gasteiger charge is -2.18. The molecule has 1 aliphatic heterocycles. The van der Waals surface area contributed by atoms with Gasteiger partial charge < -0.3 is 20.9 Å². The van der Waals surface area contributed by atoms with Gasteiger partial charge in [0, 0.05) is 18.7 Å². The van der Waals surface area contributed by atoms with Gasteiger partial charge in [0.15, 0.2) is 0 Å². The molecule has 3 rings (SSSR count). The molecule has 0 aliphatic carbocycles. The number of amides is 2. The molecule has 1 atom stereocenters. The van der Waals surface area contributed by atoms with Crippen LogP contribution in [0.2, 0.25) is 0 Å². The molecule has 7 nitrogen and oxygen atoms in total. The standard InChI is InChI=1S/C14H17N5O2/c15-8-9-3-5-10(6-4-9)12-17-13(21-18-12)11-2-1-7-19(11)14(16)20/h3-6,11H,1-2,7-8,15H2,(H2,16,20)/t11-/m0/s1. The third kappa shape index (κ3) is 2.59. The SMILES string of the molecule is NCc1ccc(-c2noc([C@@H]3CCCN3C(N)=O)n2)cc1. The molecule has 1 aromatic heterocycles. The maximum Gasteiger partial charge on any atom is 0.315 e. The largest absolute Gasteiger partial charge is 0.351 e. The molecule has 0 unspecified atom stereocenters. The summed E-state index contributed by atoms with van der Waals surface area (Å²) in [7, 11) is 0. The summed E-state index contributed by atoms with van der Waals surface area (Å²) < 4.78 is 5.30. The zero-order chi connectivity index (χ0) is 14.8. The Balaban J connectivity index is 1.84. The van der Waals surface area contributed by atoms with Gasteiger partial charge in [-0.1, -0.05) is 29.4 Å². The molecular weight excluding hydrogens is 270 g/mol. The minimum Gasteiger partial charge on any atom is -0.351 e. The van der Waals surface area contributed by atoms with Crippen molar-refractivity contribution in [1.82, 2.24) is 15.0 Å². The molecule has 4 N–H and O–H groups in total. The van der Waals surface area contributed by atoms with Gasteiger partial charge in [-0.3, -0.25) is 0 Å². The Labute approximate surface area is 121 Å². The fraction of sp³-hybridized carbons (Fsp3) is 0.357. The average Bonchev–Trinajstić information content (AvgIpc) is 3.16. The smallest absolute Gasteiger partial charge is 0.315 e. The highest BCUT2D eigenvalue weighted by Crippen LogP contribution is 2.31. The number of primary amides is 1. The summed E-state index contributed by atoms with van der Waals surface area (Å²) in [5.74, 6) is 0.939. The first-order valence-corrected chi connectivity index (χ1v) is 6.88. The maximum absolute atomic E-state index is 11.4. The molecule has 110 valence electrons. The Kier molecular flexibility index (Phi) is 3.57. The fourth-order valence-corrected chi connectivity index (χ4v) is 2.56. The highest BCUT2D eigenvalue weighted by molar-refractivity contribution is 5.72. The molecule has 0 saturated carbocycles. The van der Waals surface area contributed by atoms with Crippen LogP contribution in [0.25, 0.3) is 11.4 Å². The van der Waals surface area contributed by atoms with Crippen molar-refractivity contribution in [2.24, 2.45) is 11.5 Å². The van der Waals surface area contributed by atoms with Gasteiger partial charge in [0.25, 0.3) is 0 Å². The molecule has 7 heteroatoms. The van der Waals surface area contributed by atoms with Gasteiger partial charge in [-0.15, -0.1) is 0 Å². The molecule has 1 saturated heterocycles. The summed E-state index contributed by atoms with van der Waals surface area (Å²) in [6.07, 6.45) is 1.67. The van der Waals surface area contributed by atoms with E-state index in [0.717, 1.165) is 24.0 Å². The molecule has 1 aliphatic rings. The number of benzene rings is 1. The van der Waals surface area contributed by atoms with Crippen molar-refractivity contribution in [3.05, 3.63) is 35.7 Å². The van der Waals surface area contributed by atoms with Crippen LogP contribution in [0.4, 0.5) is 4.79 Å². The van der Waals surface area contributed by atoms with E-state index < -0.39 is 6.03 Å². The zero-order valence-electron chi connectivity index (χ0n) is 11.5. The monoisotopic (exact) mass is 287 g/mol. The highest BCUT2D eigenvalue weighted by Gasteiger charge is 2.33. The first kappa shape index (κ1) is 13.6. The second-order valence-electron chi connectivity index (χ2n) is 5.05. The minimum absolute atomic E-state index is 0.216. The van der Waals surface area contributed by atoms with Crippen LogP contribution < -0.4 is 11.5 Å². The number of nitrogens with two attached hydrogens (primary N) is 2.